The number of ether oxygens (including phenoxy) is 1. The van der Waals surface area contributed by atoms with Crippen LogP contribution in [0.2, 0.25) is 0 Å². The summed E-state index contributed by atoms with van der Waals surface area (Å²) in [6.07, 6.45) is 0.736. The van der Waals surface area contributed by atoms with Gasteiger partial charge < -0.3 is 4.74 Å². The van der Waals surface area contributed by atoms with E-state index in [0.717, 1.165) is 6.42 Å². The van der Waals surface area contributed by atoms with Gasteiger partial charge >= 0.3 is 0 Å². The molecule has 0 aromatic carbocycles. The van der Waals surface area contributed by atoms with E-state index >= 15 is 0 Å². The summed E-state index contributed by atoms with van der Waals surface area (Å²) in [5, 5.41) is 0. The van der Waals surface area contributed by atoms with Crippen molar-refractivity contribution in [1.82, 2.24) is 0 Å². The Morgan fingerprint density at radius 3 is 1.88 bits per heavy atom. The summed E-state index contributed by atoms with van der Waals surface area (Å²) < 4.78 is 4.38. The topological polar surface area (TPSA) is 9.23 Å². The standard InChI is InChI=1S/C5H8Cl2O/c1-4(8-2)3-5(4,6)7/h3H2,1-2H3. The van der Waals surface area contributed by atoms with Crippen molar-refractivity contribution in [1.29, 1.82) is 0 Å². The van der Waals surface area contributed by atoms with E-state index < -0.39 is 4.33 Å². The van der Waals surface area contributed by atoms with Gasteiger partial charge in [-0.05, 0) is 6.92 Å². The average Bonchev–Trinajstić information content (AvgIpc) is 2.10. The van der Waals surface area contributed by atoms with Crippen LogP contribution in [0.25, 0.3) is 0 Å². The zero-order valence-corrected chi connectivity index (χ0v) is 6.38. The van der Waals surface area contributed by atoms with E-state index in [4.69, 9.17) is 27.9 Å². The molecular formula is C5H8Cl2O. The third-order valence-electron chi connectivity index (χ3n) is 1.66. The monoisotopic (exact) mass is 154 g/mol. The molecule has 3 heteroatoms. The first kappa shape index (κ1) is 6.66. The highest BCUT2D eigenvalue weighted by molar-refractivity contribution is 6.52. The second-order valence-electron chi connectivity index (χ2n) is 2.32. The second kappa shape index (κ2) is 1.53. The summed E-state index contributed by atoms with van der Waals surface area (Å²) in [6.45, 7) is 1.90. The quantitative estimate of drug-likeness (QED) is 0.526. The molecule has 1 atom stereocenters. The first-order valence-electron chi connectivity index (χ1n) is 2.45. The molecule has 1 aliphatic rings. The molecule has 0 aromatic rings. The van der Waals surface area contributed by atoms with Crippen molar-refractivity contribution in [2.24, 2.45) is 0 Å². The number of halogens is 2. The molecule has 0 heterocycles. The van der Waals surface area contributed by atoms with E-state index in [2.05, 4.69) is 0 Å². The van der Waals surface area contributed by atoms with Crippen molar-refractivity contribution in [2.75, 3.05) is 7.11 Å². The first-order valence-corrected chi connectivity index (χ1v) is 3.20. The lowest BCUT2D eigenvalue weighted by Gasteiger charge is -2.07. The largest absolute Gasteiger partial charge is 0.375 e. The smallest absolute Gasteiger partial charge is 0.149 e. The molecule has 0 bridgehead atoms. The Balaban J connectivity index is 2.55. The number of hydrogen-bond acceptors (Lipinski definition) is 1. The third-order valence-corrected chi connectivity index (χ3v) is 2.73. The van der Waals surface area contributed by atoms with Gasteiger partial charge in [0.15, 0.2) is 0 Å². The maximum atomic E-state index is 5.69. The summed E-state index contributed by atoms with van der Waals surface area (Å²) in [6, 6.07) is 0. The maximum Gasteiger partial charge on any atom is 0.149 e. The van der Waals surface area contributed by atoms with Gasteiger partial charge in [0.05, 0.1) is 0 Å². The molecule has 0 aliphatic heterocycles. The SMILES string of the molecule is COC1(C)CC1(Cl)Cl. The third kappa shape index (κ3) is 0.734. The summed E-state index contributed by atoms with van der Waals surface area (Å²) >= 11 is 11.4. The molecule has 1 saturated carbocycles. The van der Waals surface area contributed by atoms with Crippen LogP contribution in [0.15, 0.2) is 0 Å². The molecule has 1 nitrogen and oxygen atoms in total. The second-order valence-corrected chi connectivity index (χ2v) is 3.80. The number of methoxy groups -OCH3 is 1. The van der Waals surface area contributed by atoms with Crippen LogP contribution in [0.1, 0.15) is 13.3 Å². The van der Waals surface area contributed by atoms with E-state index in [0.29, 0.717) is 0 Å². The van der Waals surface area contributed by atoms with E-state index in [1.807, 2.05) is 6.92 Å². The van der Waals surface area contributed by atoms with Gasteiger partial charge in [-0.25, -0.2) is 0 Å². The molecule has 0 N–H and O–H groups in total. The molecular weight excluding hydrogens is 147 g/mol. The Labute approximate surface area is 58.9 Å². The molecule has 48 valence electrons. The Morgan fingerprint density at radius 1 is 1.50 bits per heavy atom. The molecule has 1 unspecified atom stereocenters. The van der Waals surface area contributed by atoms with E-state index in [-0.39, 0.29) is 5.60 Å². The van der Waals surface area contributed by atoms with Crippen LogP contribution in [0.4, 0.5) is 0 Å². The van der Waals surface area contributed by atoms with Crippen molar-refractivity contribution in [3.8, 4) is 0 Å². The van der Waals surface area contributed by atoms with Crippen molar-refractivity contribution >= 4 is 23.2 Å². The molecule has 0 aromatic heterocycles. The van der Waals surface area contributed by atoms with Crippen LogP contribution in [0.3, 0.4) is 0 Å². The minimum Gasteiger partial charge on any atom is -0.375 e. The fourth-order valence-electron chi connectivity index (χ4n) is 0.601. The van der Waals surface area contributed by atoms with Crippen molar-refractivity contribution in [3.05, 3.63) is 0 Å². The highest BCUT2D eigenvalue weighted by Crippen LogP contribution is 2.58. The average molecular weight is 155 g/mol. The molecule has 0 amide bonds. The molecule has 0 radical (unpaired) electrons. The highest BCUT2D eigenvalue weighted by Gasteiger charge is 2.64. The Morgan fingerprint density at radius 2 is 1.88 bits per heavy atom. The van der Waals surface area contributed by atoms with Crippen LogP contribution in [0.5, 0.6) is 0 Å². The van der Waals surface area contributed by atoms with E-state index in [9.17, 15) is 0 Å². The van der Waals surface area contributed by atoms with Gasteiger partial charge in [-0.3, -0.25) is 0 Å². The zero-order chi connectivity index (χ0) is 6.41. The van der Waals surface area contributed by atoms with Crippen LogP contribution in [0, 0.1) is 0 Å². The normalized spacial score (nSPS) is 42.0. The number of alkyl halides is 2. The van der Waals surface area contributed by atoms with Crippen LogP contribution < -0.4 is 0 Å². The minimum absolute atomic E-state index is 0.282. The molecule has 1 aliphatic carbocycles. The van der Waals surface area contributed by atoms with Gasteiger partial charge in [-0.1, -0.05) is 23.2 Å². The lowest BCUT2D eigenvalue weighted by molar-refractivity contribution is 0.0944. The zero-order valence-electron chi connectivity index (χ0n) is 4.87. The molecule has 1 rings (SSSR count). The summed E-state index contributed by atoms with van der Waals surface area (Å²) in [5.74, 6) is 0. The highest BCUT2D eigenvalue weighted by atomic mass is 35.5. The van der Waals surface area contributed by atoms with Gasteiger partial charge in [-0.2, -0.15) is 0 Å². The lowest BCUT2D eigenvalue weighted by Crippen LogP contribution is -2.13. The number of hydrogen-bond donors (Lipinski definition) is 0. The van der Waals surface area contributed by atoms with Crippen molar-refractivity contribution in [2.45, 2.75) is 23.3 Å². The Hall–Kier alpha value is 0.540. The molecule has 0 saturated heterocycles. The van der Waals surface area contributed by atoms with Gasteiger partial charge in [0.2, 0.25) is 0 Å². The minimum atomic E-state index is -0.623. The van der Waals surface area contributed by atoms with Gasteiger partial charge in [-0.15, -0.1) is 0 Å². The van der Waals surface area contributed by atoms with Gasteiger partial charge in [0.25, 0.3) is 0 Å². The van der Waals surface area contributed by atoms with Gasteiger partial charge in [0.1, 0.15) is 9.93 Å². The Kier molecular flexibility index (Phi) is 1.27. The van der Waals surface area contributed by atoms with Crippen molar-refractivity contribution < 1.29 is 4.74 Å². The Bertz CT molecular complexity index is 113. The summed E-state index contributed by atoms with van der Waals surface area (Å²) in [5.41, 5.74) is -0.282. The number of rotatable bonds is 1. The van der Waals surface area contributed by atoms with Crippen molar-refractivity contribution in [3.63, 3.8) is 0 Å². The maximum absolute atomic E-state index is 5.69. The molecule has 8 heavy (non-hydrogen) atoms. The first-order chi connectivity index (χ1) is 3.52. The molecule has 1 fully saturated rings. The van der Waals surface area contributed by atoms with Gasteiger partial charge in [0, 0.05) is 13.5 Å². The van der Waals surface area contributed by atoms with E-state index in [1.54, 1.807) is 7.11 Å². The predicted molar refractivity (Wildman–Crippen MR) is 34.5 cm³/mol. The fourth-order valence-corrected chi connectivity index (χ4v) is 1.27. The van der Waals surface area contributed by atoms with Crippen LogP contribution in [-0.2, 0) is 4.74 Å². The van der Waals surface area contributed by atoms with Crippen LogP contribution >= 0.6 is 23.2 Å². The van der Waals surface area contributed by atoms with Crippen LogP contribution in [-0.4, -0.2) is 17.0 Å². The lowest BCUT2D eigenvalue weighted by atomic mass is 10.4. The fraction of sp³-hybridized carbons (Fsp3) is 1.00. The summed E-state index contributed by atoms with van der Waals surface area (Å²) in [7, 11) is 1.62. The predicted octanol–water partition coefficient (Wildman–Crippen LogP) is 1.97. The summed E-state index contributed by atoms with van der Waals surface area (Å²) in [4.78, 5) is 0. The molecule has 0 spiro atoms. The van der Waals surface area contributed by atoms with E-state index in [1.165, 1.54) is 0 Å².